The number of unbranched alkanes of at least 4 members (excludes halogenated alkanes) is 1. The normalized spacial score (nSPS) is 20.9. The molecule has 1 aliphatic heterocycles. The van der Waals surface area contributed by atoms with E-state index in [1.54, 1.807) is 0 Å². The maximum absolute atomic E-state index is 14.1. The first-order chi connectivity index (χ1) is 18.4. The molecule has 5 rings (SSSR count). The van der Waals surface area contributed by atoms with Gasteiger partial charge in [0.05, 0.1) is 6.54 Å². The van der Waals surface area contributed by atoms with E-state index in [9.17, 15) is 9.59 Å². The number of anilines is 1. The molecule has 1 saturated carbocycles. The number of benzene rings is 1. The van der Waals surface area contributed by atoms with Gasteiger partial charge in [-0.3, -0.25) is 19.1 Å². The molecule has 3 heterocycles. The van der Waals surface area contributed by atoms with Gasteiger partial charge in [0.15, 0.2) is 0 Å². The molecule has 10 heteroatoms. The van der Waals surface area contributed by atoms with Gasteiger partial charge in [0.25, 0.3) is 5.56 Å². The molecule has 4 N–H and O–H groups in total. The largest absolute Gasteiger partial charge is 0.369 e. The Morgan fingerprint density at radius 3 is 2.71 bits per heavy atom. The first kappa shape index (κ1) is 26.5. The third-order valence-corrected chi connectivity index (χ3v) is 7.97. The van der Waals surface area contributed by atoms with Crippen molar-refractivity contribution in [3.05, 3.63) is 40.3 Å². The highest BCUT2D eigenvalue weighted by atomic mass is 16.1. The number of nitrogens with two attached hydrogens (primary N) is 1. The Morgan fingerprint density at radius 1 is 1.13 bits per heavy atom. The predicted molar refractivity (Wildman–Crippen MR) is 151 cm³/mol. The minimum absolute atomic E-state index is 0.00788. The highest BCUT2D eigenvalue weighted by Gasteiger charge is 2.29. The average Bonchev–Trinajstić information content (AvgIpc) is 3.38. The molecule has 3 aromatic rings. The lowest BCUT2D eigenvalue weighted by Crippen LogP contribution is -2.43. The standard InChI is InChI=1S/C28H40N8O2/c1-3-4-9-30-28-32-16-24-22-8-5-19(18-35-12-10-34(2)11-13-35)14-23(22)27(38)36(26(24)33-28)21-7-6-20(15-21)31-17-25(29)37/h5,8,14,16,20-21,31H,3-4,6-7,9-13,15,17-18H2,1-2H3,(H2,29,37)(H,30,32,33)/t20-,21-/m0/s1. The van der Waals surface area contributed by atoms with Gasteiger partial charge in [0.1, 0.15) is 5.65 Å². The number of amides is 1. The van der Waals surface area contributed by atoms with Gasteiger partial charge in [-0.15, -0.1) is 0 Å². The molecule has 1 aliphatic carbocycles. The molecule has 2 atom stereocenters. The third kappa shape index (κ3) is 5.82. The molecule has 2 aromatic heterocycles. The van der Waals surface area contributed by atoms with Crippen LogP contribution in [0.4, 0.5) is 5.95 Å². The molecular formula is C28H40N8O2. The molecule has 204 valence electrons. The SMILES string of the molecule is CCCCNc1ncc2c3ccc(CN4CCN(C)CC4)cc3c(=O)n([C@H]3CC[C@H](NCC(N)=O)C3)c2n1. The Bertz CT molecular complexity index is 1350. The first-order valence-corrected chi connectivity index (χ1v) is 13.9. The van der Waals surface area contributed by atoms with E-state index in [1.165, 1.54) is 0 Å². The maximum Gasteiger partial charge on any atom is 0.260 e. The van der Waals surface area contributed by atoms with Crippen LogP contribution >= 0.6 is 0 Å². The smallest absolute Gasteiger partial charge is 0.260 e. The molecule has 38 heavy (non-hydrogen) atoms. The van der Waals surface area contributed by atoms with E-state index in [4.69, 9.17) is 10.7 Å². The van der Waals surface area contributed by atoms with Gasteiger partial charge in [-0.1, -0.05) is 25.5 Å². The highest BCUT2D eigenvalue weighted by molar-refractivity contribution is 6.04. The van der Waals surface area contributed by atoms with Gasteiger partial charge in [-0.2, -0.15) is 4.98 Å². The Balaban J connectivity index is 1.53. The van der Waals surface area contributed by atoms with Crippen molar-refractivity contribution in [1.82, 2.24) is 29.7 Å². The van der Waals surface area contributed by atoms with Gasteiger partial charge < -0.3 is 21.3 Å². The summed E-state index contributed by atoms with van der Waals surface area (Å²) in [5.41, 5.74) is 7.16. The lowest BCUT2D eigenvalue weighted by atomic mass is 10.0. The monoisotopic (exact) mass is 520 g/mol. The number of hydrogen-bond acceptors (Lipinski definition) is 8. The van der Waals surface area contributed by atoms with Crippen molar-refractivity contribution < 1.29 is 4.79 Å². The van der Waals surface area contributed by atoms with Gasteiger partial charge in [-0.05, 0) is 49.7 Å². The van der Waals surface area contributed by atoms with Crippen molar-refractivity contribution in [3.8, 4) is 0 Å². The lowest BCUT2D eigenvalue weighted by molar-refractivity contribution is -0.117. The average molecular weight is 521 g/mol. The summed E-state index contributed by atoms with van der Waals surface area (Å²) in [7, 11) is 2.16. The van der Waals surface area contributed by atoms with Crippen molar-refractivity contribution in [3.63, 3.8) is 0 Å². The number of carbonyl (C=O) groups excluding carboxylic acids is 1. The minimum atomic E-state index is -0.370. The number of likely N-dealkylation sites (N-methyl/N-ethyl adjacent to an activating group) is 1. The number of hydrogen-bond donors (Lipinski definition) is 3. The number of piperazine rings is 1. The summed E-state index contributed by atoms with van der Waals surface area (Å²) in [5, 5.41) is 9.06. The van der Waals surface area contributed by atoms with Gasteiger partial charge in [0.2, 0.25) is 11.9 Å². The van der Waals surface area contributed by atoms with Gasteiger partial charge in [-0.25, -0.2) is 4.98 Å². The summed E-state index contributed by atoms with van der Waals surface area (Å²) in [5.74, 6) is 0.178. The van der Waals surface area contributed by atoms with Crippen LogP contribution in [-0.4, -0.2) is 82.6 Å². The van der Waals surface area contributed by atoms with E-state index >= 15 is 0 Å². The molecule has 1 saturated heterocycles. The topological polar surface area (TPSA) is 121 Å². The van der Waals surface area contributed by atoms with E-state index in [1.807, 2.05) is 10.8 Å². The zero-order valence-corrected chi connectivity index (χ0v) is 22.6. The van der Waals surface area contributed by atoms with Crippen molar-refractivity contribution in [2.45, 2.75) is 57.7 Å². The Morgan fingerprint density at radius 2 is 1.95 bits per heavy atom. The summed E-state index contributed by atoms with van der Waals surface area (Å²) in [6.07, 6.45) is 6.41. The molecular weight excluding hydrogens is 480 g/mol. The molecule has 2 aliphatic rings. The fourth-order valence-electron chi connectivity index (χ4n) is 5.76. The second-order valence-corrected chi connectivity index (χ2v) is 10.9. The van der Waals surface area contributed by atoms with E-state index < -0.39 is 0 Å². The molecule has 2 fully saturated rings. The van der Waals surface area contributed by atoms with Crippen molar-refractivity contribution in [1.29, 1.82) is 0 Å². The van der Waals surface area contributed by atoms with Crippen molar-refractivity contribution in [2.75, 3.05) is 51.6 Å². The van der Waals surface area contributed by atoms with Crippen LogP contribution in [0.15, 0.2) is 29.2 Å². The fourth-order valence-corrected chi connectivity index (χ4v) is 5.76. The maximum atomic E-state index is 14.1. The van der Waals surface area contributed by atoms with Crippen LogP contribution < -0.4 is 21.9 Å². The summed E-state index contributed by atoms with van der Waals surface area (Å²) in [6, 6.07) is 6.39. The molecule has 0 bridgehead atoms. The number of aromatic nitrogens is 3. The number of nitrogens with one attached hydrogen (secondary N) is 2. The van der Waals surface area contributed by atoms with E-state index in [2.05, 4.69) is 57.6 Å². The predicted octanol–water partition coefficient (Wildman–Crippen LogP) is 2.07. The molecule has 1 amide bonds. The zero-order valence-electron chi connectivity index (χ0n) is 22.6. The van der Waals surface area contributed by atoms with Crippen LogP contribution in [0, 0.1) is 0 Å². The summed E-state index contributed by atoms with van der Waals surface area (Å²) >= 11 is 0. The summed E-state index contributed by atoms with van der Waals surface area (Å²) < 4.78 is 1.88. The minimum Gasteiger partial charge on any atom is -0.369 e. The highest BCUT2D eigenvalue weighted by Crippen LogP contribution is 2.33. The first-order valence-electron chi connectivity index (χ1n) is 13.9. The number of carbonyl (C=O) groups is 1. The number of pyridine rings is 1. The van der Waals surface area contributed by atoms with Crippen LogP contribution in [0.25, 0.3) is 21.8 Å². The summed E-state index contributed by atoms with van der Waals surface area (Å²) in [6.45, 7) is 8.09. The van der Waals surface area contributed by atoms with E-state index in [-0.39, 0.29) is 30.1 Å². The van der Waals surface area contributed by atoms with E-state index in [0.29, 0.717) is 17.0 Å². The molecule has 1 aromatic carbocycles. The van der Waals surface area contributed by atoms with Crippen LogP contribution in [0.3, 0.4) is 0 Å². The second-order valence-electron chi connectivity index (χ2n) is 10.9. The zero-order chi connectivity index (χ0) is 26.6. The van der Waals surface area contributed by atoms with Crippen LogP contribution in [0.2, 0.25) is 0 Å². The number of fused-ring (bicyclic) bond motifs is 3. The number of rotatable bonds is 10. The Hall–Kier alpha value is -3.08. The summed E-state index contributed by atoms with van der Waals surface area (Å²) in [4.78, 5) is 39.7. The van der Waals surface area contributed by atoms with Crippen LogP contribution in [-0.2, 0) is 11.3 Å². The molecule has 0 spiro atoms. The second kappa shape index (κ2) is 11.8. The van der Waals surface area contributed by atoms with Crippen molar-refractivity contribution in [2.24, 2.45) is 5.73 Å². The molecule has 10 nitrogen and oxygen atoms in total. The third-order valence-electron chi connectivity index (χ3n) is 7.97. The Labute approximate surface area is 223 Å². The number of nitrogens with zero attached hydrogens (tertiary/aromatic N) is 5. The Kier molecular flexibility index (Phi) is 8.21. The quantitative estimate of drug-likeness (QED) is 0.274. The molecule has 0 unspecified atom stereocenters. The van der Waals surface area contributed by atoms with Crippen molar-refractivity contribution >= 4 is 33.7 Å². The van der Waals surface area contributed by atoms with E-state index in [0.717, 1.165) is 87.7 Å². The fraction of sp³-hybridized carbons (Fsp3) is 0.571. The van der Waals surface area contributed by atoms with Gasteiger partial charge in [0, 0.05) is 68.3 Å². The number of primary amides is 1. The van der Waals surface area contributed by atoms with Crippen LogP contribution in [0.1, 0.15) is 50.6 Å². The molecule has 0 radical (unpaired) electrons. The van der Waals surface area contributed by atoms with Crippen LogP contribution in [0.5, 0.6) is 0 Å². The lowest BCUT2D eigenvalue weighted by Gasteiger charge is -2.32. The van der Waals surface area contributed by atoms with Gasteiger partial charge >= 0.3 is 0 Å².